The molecule has 0 saturated carbocycles. The molecule has 1 fully saturated rings. The van der Waals surface area contributed by atoms with Gasteiger partial charge in [0.25, 0.3) is 5.56 Å². The Balaban J connectivity index is 1.40. The Labute approximate surface area is 250 Å². The van der Waals surface area contributed by atoms with E-state index in [0.717, 1.165) is 29.3 Å². The van der Waals surface area contributed by atoms with E-state index in [4.69, 9.17) is 18.5 Å². The number of halogens is 1. The maximum atomic E-state index is 15.7. The predicted octanol–water partition coefficient (Wildman–Crippen LogP) is 2.87. The van der Waals surface area contributed by atoms with Crippen LogP contribution in [0.2, 0.25) is 0 Å². The molecule has 0 amide bonds. The lowest BCUT2D eigenvalue weighted by molar-refractivity contribution is -0.149. The van der Waals surface area contributed by atoms with Crippen molar-refractivity contribution >= 4 is 19.5 Å². The Bertz CT molecular complexity index is 1770. The molecule has 13 nitrogen and oxygen atoms in total. The van der Waals surface area contributed by atoms with Crippen LogP contribution in [0.1, 0.15) is 49.8 Å². The second-order valence-electron chi connectivity index (χ2n) is 10.9. The van der Waals surface area contributed by atoms with E-state index >= 15 is 4.39 Å². The number of aliphatic hydroxyl groups excluding tert-OH is 1. The number of benzene rings is 2. The summed E-state index contributed by atoms with van der Waals surface area (Å²) < 4.78 is 52.6. The number of ether oxygens (including phenoxy) is 2. The summed E-state index contributed by atoms with van der Waals surface area (Å²) in [5.74, 6) is -1.06. The maximum absolute atomic E-state index is 15.7. The number of H-pyrrole nitrogens is 1. The van der Waals surface area contributed by atoms with E-state index in [-0.39, 0.29) is 11.5 Å². The van der Waals surface area contributed by atoms with Crippen molar-refractivity contribution < 1.29 is 42.2 Å². The Kier molecular flexibility index (Phi) is 8.49. The Morgan fingerprint density at radius 3 is 2.48 bits per heavy atom. The van der Waals surface area contributed by atoms with Gasteiger partial charge in [-0.1, -0.05) is 24.3 Å². The van der Waals surface area contributed by atoms with Crippen molar-refractivity contribution in [1.82, 2.24) is 14.6 Å². The largest absolute Gasteiger partial charge is 0.462 e. The van der Waals surface area contributed by atoms with Gasteiger partial charge < -0.3 is 19.1 Å². The first-order valence-corrected chi connectivity index (χ1v) is 15.3. The molecule has 1 aliphatic carbocycles. The minimum Gasteiger partial charge on any atom is -0.462 e. The summed E-state index contributed by atoms with van der Waals surface area (Å²) in [5.41, 5.74) is -2.03. The number of hydrogen-bond acceptors (Lipinski definition) is 10. The van der Waals surface area contributed by atoms with Crippen LogP contribution in [-0.4, -0.2) is 63.0 Å². The van der Waals surface area contributed by atoms with Crippen LogP contribution in [-0.2, 0) is 23.4 Å². The lowest BCUT2D eigenvalue weighted by Gasteiger charge is -2.25. The lowest BCUT2D eigenvalue weighted by atomic mass is 9.98. The molecule has 2 aromatic carbocycles. The third-order valence-corrected chi connectivity index (χ3v) is 8.85. The molecular weight excluding hydrogens is 600 g/mol. The van der Waals surface area contributed by atoms with Crippen LogP contribution in [0.3, 0.4) is 0 Å². The number of nitrogens with zero attached hydrogens (tertiary/aromatic N) is 1. The molecule has 0 bridgehead atoms. The fraction of sp³-hybridized carbons (Fsp3) is 0.379. The number of ketones is 1. The third kappa shape index (κ3) is 6.04. The topological polar surface area (TPSA) is 175 Å². The van der Waals surface area contributed by atoms with Gasteiger partial charge in [0.1, 0.15) is 24.0 Å². The molecule has 6 atom stereocenters. The highest BCUT2D eigenvalue weighted by Gasteiger charge is 2.56. The van der Waals surface area contributed by atoms with Gasteiger partial charge in [-0.3, -0.25) is 28.5 Å². The number of aliphatic hydroxyl groups is 1. The molecule has 0 spiro atoms. The van der Waals surface area contributed by atoms with Crippen molar-refractivity contribution in [3.63, 3.8) is 0 Å². The van der Waals surface area contributed by atoms with Gasteiger partial charge in [-0.25, -0.2) is 13.8 Å². The molecule has 5 rings (SSSR count). The second kappa shape index (κ2) is 11.9. The first-order chi connectivity index (χ1) is 20.7. The van der Waals surface area contributed by atoms with E-state index in [0.29, 0.717) is 16.7 Å². The van der Waals surface area contributed by atoms with E-state index in [1.807, 2.05) is 4.98 Å². The average molecular weight is 632 g/mol. The average Bonchev–Trinajstić information content (AvgIpc) is 3.36. The van der Waals surface area contributed by atoms with Crippen LogP contribution in [0.4, 0.5) is 4.39 Å². The Morgan fingerprint density at radius 2 is 1.80 bits per heavy atom. The predicted molar refractivity (Wildman–Crippen MR) is 154 cm³/mol. The van der Waals surface area contributed by atoms with Gasteiger partial charge in [0.15, 0.2) is 17.7 Å². The summed E-state index contributed by atoms with van der Waals surface area (Å²) in [7, 11) is -4.53. The van der Waals surface area contributed by atoms with Crippen molar-refractivity contribution in [3.05, 3.63) is 86.7 Å². The van der Waals surface area contributed by atoms with Gasteiger partial charge in [-0.15, -0.1) is 0 Å². The molecular formula is C29H31FN3O10P. The molecule has 1 aliphatic heterocycles. The highest BCUT2D eigenvalue weighted by molar-refractivity contribution is 7.52. The highest BCUT2D eigenvalue weighted by Crippen LogP contribution is 2.49. The molecule has 6 unspecified atom stereocenters. The van der Waals surface area contributed by atoms with E-state index in [1.165, 1.54) is 19.1 Å². The molecule has 15 heteroatoms. The Hall–Kier alpha value is -3.94. The van der Waals surface area contributed by atoms with Crippen molar-refractivity contribution in [1.29, 1.82) is 0 Å². The van der Waals surface area contributed by atoms with Crippen LogP contribution in [0.25, 0.3) is 11.1 Å². The van der Waals surface area contributed by atoms with E-state index in [9.17, 15) is 28.8 Å². The summed E-state index contributed by atoms with van der Waals surface area (Å²) in [6, 6.07) is 11.3. The van der Waals surface area contributed by atoms with Crippen molar-refractivity contribution in [2.75, 3.05) is 6.61 Å². The van der Waals surface area contributed by atoms with Crippen LogP contribution < -0.4 is 20.9 Å². The Morgan fingerprint density at radius 1 is 1.11 bits per heavy atom. The smallest absolute Gasteiger partial charge is 0.459 e. The molecule has 1 aromatic heterocycles. The number of carbonyl (C=O) groups is 2. The fourth-order valence-electron chi connectivity index (χ4n) is 5.05. The molecule has 2 heterocycles. The molecule has 2 aliphatic rings. The minimum absolute atomic E-state index is 0.0361. The highest BCUT2D eigenvalue weighted by atomic mass is 31.2. The summed E-state index contributed by atoms with van der Waals surface area (Å²) in [6.07, 6.45) is -4.48. The monoisotopic (exact) mass is 631 g/mol. The van der Waals surface area contributed by atoms with Crippen LogP contribution in [0.15, 0.2) is 64.3 Å². The zero-order valence-corrected chi connectivity index (χ0v) is 25.1. The maximum Gasteiger partial charge on any atom is 0.459 e. The number of nitrogens with one attached hydrogen (secondary N) is 2. The van der Waals surface area contributed by atoms with Crippen LogP contribution in [0.5, 0.6) is 5.75 Å². The van der Waals surface area contributed by atoms with Gasteiger partial charge in [0, 0.05) is 23.4 Å². The molecule has 3 N–H and O–H groups in total. The number of aromatic amines is 1. The van der Waals surface area contributed by atoms with Gasteiger partial charge in [0.05, 0.1) is 12.7 Å². The SMILES string of the molecule is CC(C)OC(=O)C(C)NP(=O)(OCC1OC(n2ccc(=O)[nH]c2=O)C(C)(F)C1O)Oc1ccc2c(c1)C(=O)c1ccccc1-2. The standard InChI is InChI=1S/C29H31FN3O10P/c1-15(2)41-26(37)16(3)32-44(39,43-17-9-10-19-18-7-5-6-8-20(18)24(35)21(19)13-17)40-14-22-25(36)29(4,30)27(42-22)33-12-11-23(34)31-28(33)38/h5-13,15-16,22,25,27,36H,14H2,1-4H3,(H,32,39)(H,31,34,38). The molecule has 234 valence electrons. The van der Waals surface area contributed by atoms with Crippen LogP contribution >= 0.6 is 7.75 Å². The number of hydrogen-bond donors (Lipinski definition) is 3. The number of fused-ring (bicyclic) bond motifs is 3. The molecule has 1 saturated heterocycles. The summed E-state index contributed by atoms with van der Waals surface area (Å²) in [4.78, 5) is 51.3. The van der Waals surface area contributed by atoms with Crippen molar-refractivity contribution in [3.8, 4) is 16.9 Å². The van der Waals surface area contributed by atoms with E-state index in [1.54, 1.807) is 44.2 Å². The van der Waals surface area contributed by atoms with E-state index in [2.05, 4.69) is 5.09 Å². The lowest BCUT2D eigenvalue weighted by Crippen LogP contribution is -2.43. The quantitative estimate of drug-likeness (QED) is 0.173. The van der Waals surface area contributed by atoms with Crippen LogP contribution in [0, 0.1) is 0 Å². The van der Waals surface area contributed by atoms with Gasteiger partial charge >= 0.3 is 19.4 Å². The number of aromatic nitrogens is 2. The number of esters is 1. The molecule has 3 aromatic rings. The second-order valence-corrected chi connectivity index (χ2v) is 12.6. The fourth-order valence-corrected chi connectivity index (χ4v) is 6.55. The minimum atomic E-state index is -4.53. The van der Waals surface area contributed by atoms with Crippen molar-refractivity contribution in [2.24, 2.45) is 0 Å². The molecule has 44 heavy (non-hydrogen) atoms. The first-order valence-electron chi connectivity index (χ1n) is 13.7. The number of alkyl halides is 1. The van der Waals surface area contributed by atoms with Gasteiger partial charge in [0.2, 0.25) is 0 Å². The normalized spacial score (nSPS) is 24.4. The summed E-state index contributed by atoms with van der Waals surface area (Å²) in [6.45, 7) is 4.91. The summed E-state index contributed by atoms with van der Waals surface area (Å²) in [5, 5.41) is 13.2. The number of rotatable bonds is 10. The summed E-state index contributed by atoms with van der Waals surface area (Å²) >= 11 is 0. The van der Waals surface area contributed by atoms with E-state index < -0.39 is 67.8 Å². The molecule has 0 radical (unpaired) electrons. The van der Waals surface area contributed by atoms with Gasteiger partial charge in [-0.2, -0.15) is 5.09 Å². The third-order valence-electron chi connectivity index (χ3n) is 7.21. The zero-order chi connectivity index (χ0) is 32.0. The van der Waals surface area contributed by atoms with Gasteiger partial charge in [-0.05, 0) is 57.0 Å². The zero-order valence-electron chi connectivity index (χ0n) is 24.2. The van der Waals surface area contributed by atoms with Crippen molar-refractivity contribution in [2.45, 2.75) is 63.9 Å². The first kappa shape index (κ1) is 31.5. The number of carbonyl (C=O) groups excluding carboxylic acids is 2.